The van der Waals surface area contributed by atoms with Gasteiger partial charge in [0.1, 0.15) is 5.82 Å². The Morgan fingerprint density at radius 3 is 1.39 bits per heavy atom. The lowest BCUT2D eigenvalue weighted by Gasteiger charge is -2.42. The van der Waals surface area contributed by atoms with Crippen molar-refractivity contribution in [1.29, 1.82) is 0 Å². The number of nitrogens with zero attached hydrogens (tertiary/aromatic N) is 7. The molecule has 0 bridgehead atoms. The average Bonchev–Trinajstić information content (AvgIpc) is 3.61. The highest BCUT2D eigenvalue weighted by Gasteiger charge is 2.37. The minimum atomic E-state index is -0.113. The van der Waals surface area contributed by atoms with Gasteiger partial charge in [0, 0.05) is 41.2 Å². The van der Waals surface area contributed by atoms with Crippen molar-refractivity contribution >= 4 is 51.6 Å². The molecule has 0 unspecified atom stereocenters. The maximum atomic E-state index is 5.14. The van der Waals surface area contributed by atoms with Crippen molar-refractivity contribution in [2.75, 3.05) is 14.7 Å². The van der Waals surface area contributed by atoms with E-state index in [1.807, 2.05) is 60.7 Å². The molecule has 2 aromatic heterocycles. The molecule has 0 atom stereocenters. The Bertz CT molecular complexity index is 2560. The third kappa shape index (κ3) is 4.93. The first-order chi connectivity index (χ1) is 26.5. The minimum Gasteiger partial charge on any atom is -0.335 e. The van der Waals surface area contributed by atoms with Crippen molar-refractivity contribution < 1.29 is 0 Å². The predicted molar refractivity (Wildman–Crippen MR) is 219 cm³/mol. The summed E-state index contributed by atoms with van der Waals surface area (Å²) in [5, 5.41) is 0. The molecule has 6 aromatic carbocycles. The zero-order valence-corrected chi connectivity index (χ0v) is 30.3. The van der Waals surface area contributed by atoms with Gasteiger partial charge in [-0.1, -0.05) is 123 Å². The van der Waals surface area contributed by atoms with Crippen LogP contribution < -0.4 is 14.7 Å². The molecule has 2 aliphatic rings. The van der Waals surface area contributed by atoms with Crippen molar-refractivity contribution in [2.24, 2.45) is 7.05 Å². The number of aromatic nitrogens is 4. The first-order valence-corrected chi connectivity index (χ1v) is 18.3. The lowest BCUT2D eigenvalue weighted by Crippen LogP contribution is -2.30. The van der Waals surface area contributed by atoms with Gasteiger partial charge in [-0.2, -0.15) is 9.97 Å². The monoisotopic (exact) mass is 699 g/mol. The van der Waals surface area contributed by atoms with E-state index in [0.717, 1.165) is 45.4 Å². The van der Waals surface area contributed by atoms with E-state index in [1.165, 1.54) is 22.5 Å². The quantitative estimate of drug-likeness (QED) is 0.178. The van der Waals surface area contributed by atoms with E-state index in [2.05, 4.69) is 149 Å². The summed E-state index contributed by atoms with van der Waals surface area (Å²) in [5.74, 6) is 2.82. The molecule has 0 fully saturated rings. The number of hydrogen-bond donors (Lipinski definition) is 0. The lowest BCUT2D eigenvalue weighted by atomic mass is 9.73. The molecule has 0 spiro atoms. The first-order valence-electron chi connectivity index (χ1n) is 18.3. The van der Waals surface area contributed by atoms with Crippen LogP contribution >= 0.6 is 0 Å². The van der Waals surface area contributed by atoms with E-state index in [1.54, 1.807) is 0 Å². The Hall–Kier alpha value is -6.99. The van der Waals surface area contributed by atoms with Crippen LogP contribution in [0.25, 0.3) is 22.8 Å². The largest absolute Gasteiger partial charge is 0.335 e. The summed E-state index contributed by atoms with van der Waals surface area (Å²) >= 11 is 0. The van der Waals surface area contributed by atoms with Crippen LogP contribution in [0.3, 0.4) is 0 Å². The van der Waals surface area contributed by atoms with Gasteiger partial charge in [0.25, 0.3) is 0 Å². The van der Waals surface area contributed by atoms with E-state index < -0.39 is 0 Å². The van der Waals surface area contributed by atoms with Crippen molar-refractivity contribution in [2.45, 2.75) is 19.3 Å². The average molecular weight is 700 g/mol. The molecule has 10 rings (SSSR count). The first kappa shape index (κ1) is 31.7. The maximum absolute atomic E-state index is 5.14. The number of hydrogen-bond acceptors (Lipinski definition) is 6. The van der Waals surface area contributed by atoms with Gasteiger partial charge in [-0.25, -0.2) is 4.98 Å². The number of fused-ring (bicyclic) bond motifs is 4. The highest BCUT2D eigenvalue weighted by Crippen LogP contribution is 2.55. The van der Waals surface area contributed by atoms with Crippen LogP contribution in [-0.4, -0.2) is 19.5 Å². The Balaban J connectivity index is 1.10. The second-order valence-corrected chi connectivity index (χ2v) is 14.3. The Kier molecular flexibility index (Phi) is 7.23. The Morgan fingerprint density at radius 2 is 0.852 bits per heavy atom. The van der Waals surface area contributed by atoms with Gasteiger partial charge >= 0.3 is 0 Å². The van der Waals surface area contributed by atoms with E-state index >= 15 is 0 Å². The SMILES string of the molecule is Cn1ccc2c1N(c1ccc(N3c4ccccc4C(C)(C)c4ccccc43)cc1)c1ccccc1N2c1nc(-c2ccccc2)nc(-c2ccccc2)n1. The van der Waals surface area contributed by atoms with Gasteiger partial charge in [-0.15, -0.1) is 0 Å². The molecule has 4 heterocycles. The van der Waals surface area contributed by atoms with Gasteiger partial charge in [0.2, 0.25) is 5.95 Å². The van der Waals surface area contributed by atoms with E-state index in [9.17, 15) is 0 Å². The summed E-state index contributed by atoms with van der Waals surface area (Å²) < 4.78 is 2.17. The molecule has 0 N–H and O–H groups in total. The Morgan fingerprint density at radius 1 is 0.407 bits per heavy atom. The van der Waals surface area contributed by atoms with Crippen LogP contribution in [0.15, 0.2) is 170 Å². The highest BCUT2D eigenvalue weighted by molar-refractivity contribution is 6.00. The van der Waals surface area contributed by atoms with Crippen molar-refractivity contribution in [3.8, 4) is 22.8 Å². The molecule has 0 aliphatic carbocycles. The fourth-order valence-corrected chi connectivity index (χ4v) is 8.11. The Labute approximate surface area is 315 Å². The van der Waals surface area contributed by atoms with Gasteiger partial charge in [-0.05, 0) is 65.7 Å². The van der Waals surface area contributed by atoms with E-state index in [-0.39, 0.29) is 5.41 Å². The maximum Gasteiger partial charge on any atom is 0.238 e. The number of benzene rings is 6. The van der Waals surface area contributed by atoms with Crippen molar-refractivity contribution in [1.82, 2.24) is 19.5 Å². The second-order valence-electron chi connectivity index (χ2n) is 14.3. The van der Waals surface area contributed by atoms with Gasteiger partial charge in [-0.3, -0.25) is 9.80 Å². The third-order valence-corrected chi connectivity index (χ3v) is 10.7. The van der Waals surface area contributed by atoms with Gasteiger partial charge in [0.05, 0.1) is 28.4 Å². The van der Waals surface area contributed by atoms with Crippen LogP contribution in [0.4, 0.5) is 51.6 Å². The smallest absolute Gasteiger partial charge is 0.238 e. The molecule has 7 nitrogen and oxygen atoms in total. The topological polar surface area (TPSA) is 53.3 Å². The molecule has 0 saturated carbocycles. The summed E-state index contributed by atoms with van der Waals surface area (Å²) in [5.41, 5.74) is 11.9. The van der Waals surface area contributed by atoms with Gasteiger partial charge < -0.3 is 9.47 Å². The van der Waals surface area contributed by atoms with Crippen LogP contribution in [0.1, 0.15) is 25.0 Å². The van der Waals surface area contributed by atoms with E-state index in [4.69, 9.17) is 15.0 Å². The molecular weight excluding hydrogens is 663 g/mol. The molecule has 0 amide bonds. The summed E-state index contributed by atoms with van der Waals surface area (Å²) in [6.07, 6.45) is 2.10. The third-order valence-electron chi connectivity index (χ3n) is 10.7. The zero-order valence-electron chi connectivity index (χ0n) is 30.3. The number of rotatable bonds is 5. The van der Waals surface area contributed by atoms with Crippen LogP contribution in [0.5, 0.6) is 0 Å². The fraction of sp³-hybridized carbons (Fsp3) is 0.0851. The van der Waals surface area contributed by atoms with Gasteiger partial charge in [0.15, 0.2) is 11.6 Å². The molecule has 2 aliphatic heterocycles. The molecule has 260 valence electrons. The van der Waals surface area contributed by atoms with Crippen LogP contribution in [-0.2, 0) is 12.5 Å². The molecular formula is C47H37N7. The molecule has 54 heavy (non-hydrogen) atoms. The molecule has 7 heteroatoms. The highest BCUT2D eigenvalue weighted by atomic mass is 15.4. The fourth-order valence-electron chi connectivity index (χ4n) is 8.11. The normalized spacial score (nSPS) is 13.9. The summed E-state index contributed by atoms with van der Waals surface area (Å²) in [6, 6.07) is 57.3. The predicted octanol–water partition coefficient (Wildman–Crippen LogP) is 11.9. The number of para-hydroxylation sites is 4. The summed E-state index contributed by atoms with van der Waals surface area (Å²) in [4.78, 5) is 22.1. The second kappa shape index (κ2) is 12.3. The van der Waals surface area contributed by atoms with Crippen LogP contribution in [0.2, 0.25) is 0 Å². The van der Waals surface area contributed by atoms with Crippen molar-refractivity contribution in [3.05, 3.63) is 181 Å². The molecule has 0 radical (unpaired) electrons. The lowest BCUT2D eigenvalue weighted by molar-refractivity contribution is 0.632. The molecule has 8 aromatic rings. The number of anilines is 9. The zero-order chi connectivity index (χ0) is 36.4. The summed E-state index contributed by atoms with van der Waals surface area (Å²) in [6.45, 7) is 4.64. The summed E-state index contributed by atoms with van der Waals surface area (Å²) in [7, 11) is 2.09. The number of aryl methyl sites for hydroxylation is 1. The molecule has 0 saturated heterocycles. The van der Waals surface area contributed by atoms with E-state index in [0.29, 0.717) is 17.6 Å². The minimum absolute atomic E-state index is 0.113. The standard InChI is InChI=1S/C47H37N7/c1-47(2)36-20-10-12-22-38(36)52(39-23-13-11-21-37(39)47)34-26-28-35(29-27-34)53-40-24-14-15-25-41(40)54(42-30-31-51(3)45(42)53)46-49-43(32-16-6-4-7-17-32)48-44(50-46)33-18-8-5-9-19-33/h4-31H,1-3H3. The van der Waals surface area contributed by atoms with Crippen LogP contribution in [0, 0.1) is 0 Å². The van der Waals surface area contributed by atoms with Crippen molar-refractivity contribution in [3.63, 3.8) is 0 Å².